The standard InChI is InChI=1S/C12H23NO2/c1-12(2,3)11(14-4)10(13)9-6-5-7-15-8-9/h8,10-11H,5-7,13H2,1-4H3. The molecule has 0 spiro atoms. The summed E-state index contributed by atoms with van der Waals surface area (Å²) in [7, 11) is 1.72. The van der Waals surface area contributed by atoms with Crippen LogP contribution in [0.15, 0.2) is 11.8 Å². The van der Waals surface area contributed by atoms with Crippen LogP contribution in [-0.4, -0.2) is 25.9 Å². The van der Waals surface area contributed by atoms with Crippen molar-refractivity contribution in [1.29, 1.82) is 0 Å². The van der Waals surface area contributed by atoms with E-state index in [1.165, 1.54) is 5.57 Å². The lowest BCUT2D eigenvalue weighted by Crippen LogP contribution is -2.46. The summed E-state index contributed by atoms with van der Waals surface area (Å²) in [6.45, 7) is 7.24. The molecule has 0 saturated heterocycles. The minimum absolute atomic E-state index is 0.0328. The average molecular weight is 213 g/mol. The van der Waals surface area contributed by atoms with Crippen LogP contribution in [0.5, 0.6) is 0 Å². The molecule has 1 heterocycles. The predicted octanol–water partition coefficient (Wildman–Crippen LogP) is 2.07. The topological polar surface area (TPSA) is 44.5 Å². The third-order valence-corrected chi connectivity index (χ3v) is 2.82. The van der Waals surface area contributed by atoms with E-state index >= 15 is 0 Å². The van der Waals surface area contributed by atoms with E-state index in [-0.39, 0.29) is 17.6 Å². The zero-order chi connectivity index (χ0) is 11.5. The SMILES string of the molecule is COC(C(N)C1=COCCC1)C(C)(C)C. The molecular formula is C12H23NO2. The van der Waals surface area contributed by atoms with Gasteiger partial charge in [0, 0.05) is 7.11 Å². The van der Waals surface area contributed by atoms with Crippen molar-refractivity contribution in [1.82, 2.24) is 0 Å². The van der Waals surface area contributed by atoms with E-state index in [1.807, 2.05) is 6.26 Å². The van der Waals surface area contributed by atoms with E-state index in [0.717, 1.165) is 19.4 Å². The molecule has 15 heavy (non-hydrogen) atoms. The molecule has 0 fully saturated rings. The number of hydrogen-bond acceptors (Lipinski definition) is 3. The Balaban J connectivity index is 2.72. The van der Waals surface area contributed by atoms with E-state index in [9.17, 15) is 0 Å². The Kier molecular flexibility index (Phi) is 4.17. The second kappa shape index (κ2) is 4.99. The maximum absolute atomic E-state index is 6.22. The van der Waals surface area contributed by atoms with Crippen LogP contribution in [0.2, 0.25) is 0 Å². The smallest absolute Gasteiger partial charge is 0.0876 e. The molecule has 1 aliphatic heterocycles. The van der Waals surface area contributed by atoms with Gasteiger partial charge in [0.25, 0.3) is 0 Å². The second-order valence-corrected chi connectivity index (χ2v) is 5.22. The first kappa shape index (κ1) is 12.5. The Morgan fingerprint density at radius 3 is 2.53 bits per heavy atom. The molecule has 1 rings (SSSR count). The second-order valence-electron chi connectivity index (χ2n) is 5.22. The van der Waals surface area contributed by atoms with Crippen molar-refractivity contribution in [2.45, 2.75) is 45.8 Å². The molecule has 0 saturated carbocycles. The molecule has 88 valence electrons. The molecular weight excluding hydrogens is 190 g/mol. The quantitative estimate of drug-likeness (QED) is 0.780. The number of rotatable bonds is 3. The van der Waals surface area contributed by atoms with Gasteiger partial charge in [0.15, 0.2) is 0 Å². The van der Waals surface area contributed by atoms with Crippen LogP contribution in [0.25, 0.3) is 0 Å². The van der Waals surface area contributed by atoms with E-state index in [4.69, 9.17) is 15.2 Å². The fourth-order valence-corrected chi connectivity index (χ4v) is 2.06. The van der Waals surface area contributed by atoms with E-state index < -0.39 is 0 Å². The molecule has 2 atom stereocenters. The highest BCUT2D eigenvalue weighted by molar-refractivity contribution is 5.13. The van der Waals surface area contributed by atoms with Gasteiger partial charge < -0.3 is 15.2 Å². The van der Waals surface area contributed by atoms with E-state index in [1.54, 1.807) is 7.11 Å². The molecule has 0 bridgehead atoms. The first-order chi connectivity index (χ1) is 6.96. The number of methoxy groups -OCH3 is 1. The monoisotopic (exact) mass is 213 g/mol. The molecule has 2 N–H and O–H groups in total. The normalized spacial score (nSPS) is 21.5. The van der Waals surface area contributed by atoms with E-state index in [0.29, 0.717) is 0 Å². The summed E-state index contributed by atoms with van der Waals surface area (Å²) in [5, 5.41) is 0. The van der Waals surface area contributed by atoms with Crippen molar-refractivity contribution in [2.75, 3.05) is 13.7 Å². The van der Waals surface area contributed by atoms with Crippen molar-refractivity contribution >= 4 is 0 Å². The molecule has 0 radical (unpaired) electrons. The van der Waals surface area contributed by atoms with Gasteiger partial charge in [0.1, 0.15) is 0 Å². The highest BCUT2D eigenvalue weighted by Crippen LogP contribution is 2.28. The predicted molar refractivity (Wildman–Crippen MR) is 61.5 cm³/mol. The van der Waals surface area contributed by atoms with Crippen LogP contribution in [0.4, 0.5) is 0 Å². The number of hydrogen-bond donors (Lipinski definition) is 1. The Bertz CT molecular complexity index is 230. The molecule has 0 aliphatic carbocycles. The summed E-state index contributed by atoms with van der Waals surface area (Å²) in [5.74, 6) is 0. The van der Waals surface area contributed by atoms with Crippen LogP contribution in [0.3, 0.4) is 0 Å². The fourth-order valence-electron chi connectivity index (χ4n) is 2.06. The summed E-state index contributed by atoms with van der Waals surface area (Å²) in [6, 6.07) is -0.0599. The van der Waals surface area contributed by atoms with Gasteiger partial charge in [0.05, 0.1) is 25.0 Å². The van der Waals surface area contributed by atoms with Gasteiger partial charge in [-0.25, -0.2) is 0 Å². The third-order valence-electron chi connectivity index (χ3n) is 2.82. The van der Waals surface area contributed by atoms with Gasteiger partial charge in [-0.2, -0.15) is 0 Å². The first-order valence-electron chi connectivity index (χ1n) is 5.55. The van der Waals surface area contributed by atoms with Gasteiger partial charge in [-0.1, -0.05) is 20.8 Å². The number of ether oxygens (including phenoxy) is 2. The molecule has 0 amide bonds. The summed E-state index contributed by atoms with van der Waals surface area (Å²) < 4.78 is 10.8. The molecule has 1 aliphatic rings. The zero-order valence-corrected chi connectivity index (χ0v) is 10.2. The Hall–Kier alpha value is -0.540. The Labute approximate surface area is 92.6 Å². The van der Waals surface area contributed by atoms with Crippen LogP contribution in [-0.2, 0) is 9.47 Å². The van der Waals surface area contributed by atoms with Gasteiger partial charge in [-0.3, -0.25) is 0 Å². The molecule has 3 nitrogen and oxygen atoms in total. The van der Waals surface area contributed by atoms with Crippen molar-refractivity contribution in [2.24, 2.45) is 11.1 Å². The number of nitrogens with two attached hydrogens (primary N) is 1. The zero-order valence-electron chi connectivity index (χ0n) is 10.2. The lowest BCUT2D eigenvalue weighted by molar-refractivity contribution is 0.00370. The lowest BCUT2D eigenvalue weighted by Gasteiger charge is -2.35. The highest BCUT2D eigenvalue weighted by Gasteiger charge is 2.32. The highest BCUT2D eigenvalue weighted by atomic mass is 16.5. The first-order valence-corrected chi connectivity index (χ1v) is 5.55. The van der Waals surface area contributed by atoms with Crippen molar-refractivity contribution in [3.63, 3.8) is 0 Å². The summed E-state index contributed by atoms with van der Waals surface area (Å²) >= 11 is 0. The molecule has 0 aromatic rings. The Morgan fingerprint density at radius 1 is 1.47 bits per heavy atom. The van der Waals surface area contributed by atoms with Crippen molar-refractivity contribution in [3.8, 4) is 0 Å². The molecule has 0 aromatic heterocycles. The minimum atomic E-state index is -0.0599. The summed E-state index contributed by atoms with van der Waals surface area (Å²) in [4.78, 5) is 0. The van der Waals surface area contributed by atoms with Crippen LogP contribution in [0.1, 0.15) is 33.6 Å². The maximum atomic E-state index is 6.22. The van der Waals surface area contributed by atoms with Gasteiger partial charge in [0.2, 0.25) is 0 Å². The van der Waals surface area contributed by atoms with Crippen molar-refractivity contribution in [3.05, 3.63) is 11.8 Å². The average Bonchev–Trinajstić information content (AvgIpc) is 2.18. The largest absolute Gasteiger partial charge is 0.501 e. The van der Waals surface area contributed by atoms with Crippen LogP contribution in [0, 0.1) is 5.41 Å². The summed E-state index contributed by atoms with van der Waals surface area (Å²) in [6.07, 6.45) is 3.92. The molecule has 3 heteroatoms. The van der Waals surface area contributed by atoms with Gasteiger partial charge >= 0.3 is 0 Å². The lowest BCUT2D eigenvalue weighted by atomic mass is 9.81. The van der Waals surface area contributed by atoms with Gasteiger partial charge in [-0.15, -0.1) is 0 Å². The molecule has 2 unspecified atom stereocenters. The summed E-state index contributed by atoms with van der Waals surface area (Å²) in [5.41, 5.74) is 7.43. The minimum Gasteiger partial charge on any atom is -0.501 e. The third kappa shape index (κ3) is 3.21. The van der Waals surface area contributed by atoms with Crippen molar-refractivity contribution < 1.29 is 9.47 Å². The Morgan fingerprint density at radius 2 is 2.13 bits per heavy atom. The fraction of sp³-hybridized carbons (Fsp3) is 0.833. The van der Waals surface area contributed by atoms with Gasteiger partial charge in [-0.05, 0) is 23.8 Å². The maximum Gasteiger partial charge on any atom is 0.0876 e. The van der Waals surface area contributed by atoms with Crippen LogP contribution >= 0.6 is 0 Å². The van der Waals surface area contributed by atoms with E-state index in [2.05, 4.69) is 20.8 Å². The van der Waals surface area contributed by atoms with Crippen LogP contribution < -0.4 is 5.73 Å². The molecule has 0 aromatic carbocycles.